The lowest BCUT2D eigenvalue weighted by molar-refractivity contribution is 0.0398. The van der Waals surface area contributed by atoms with Crippen LogP contribution in [0.5, 0.6) is 5.75 Å². The molecule has 3 rings (SSSR count). The van der Waals surface area contributed by atoms with E-state index in [1.807, 2.05) is 0 Å². The second-order valence-electron chi connectivity index (χ2n) is 5.52. The van der Waals surface area contributed by atoms with Crippen molar-refractivity contribution in [3.05, 3.63) is 29.4 Å². The van der Waals surface area contributed by atoms with Crippen molar-refractivity contribution in [2.24, 2.45) is 0 Å². The maximum Gasteiger partial charge on any atom is 0.249 e. The largest absolute Gasteiger partial charge is 0.495 e. The Morgan fingerprint density at radius 3 is 2.96 bits per heavy atom. The van der Waals surface area contributed by atoms with Gasteiger partial charge >= 0.3 is 0 Å². The van der Waals surface area contributed by atoms with Gasteiger partial charge in [0.2, 0.25) is 5.95 Å². The van der Waals surface area contributed by atoms with Crippen LogP contribution < -0.4 is 15.4 Å². The van der Waals surface area contributed by atoms with E-state index in [2.05, 4.69) is 30.7 Å². The molecule has 0 amide bonds. The molecule has 0 unspecified atom stereocenters. The van der Waals surface area contributed by atoms with Crippen molar-refractivity contribution in [3.63, 3.8) is 0 Å². The van der Waals surface area contributed by atoms with Crippen LogP contribution in [0.3, 0.4) is 0 Å². The van der Waals surface area contributed by atoms with Crippen LogP contribution in [0, 0.1) is 0 Å². The molecule has 1 saturated heterocycles. The Labute approximate surface area is 151 Å². The molecule has 0 atom stereocenters. The number of hydrogen-bond acceptors (Lipinski definition) is 8. The Kier molecular flexibility index (Phi) is 6.21. The Morgan fingerprint density at radius 1 is 1.32 bits per heavy atom. The fraction of sp³-hybridized carbons (Fsp3) is 0.438. The van der Waals surface area contributed by atoms with E-state index < -0.39 is 0 Å². The fourth-order valence-electron chi connectivity index (χ4n) is 2.51. The first-order valence-corrected chi connectivity index (χ1v) is 8.46. The molecule has 1 fully saturated rings. The van der Waals surface area contributed by atoms with Gasteiger partial charge in [-0.05, 0) is 18.2 Å². The van der Waals surface area contributed by atoms with Crippen molar-refractivity contribution in [3.8, 4) is 5.75 Å². The average Bonchev–Trinajstić information content (AvgIpc) is 2.63. The minimum atomic E-state index is 0.372. The zero-order valence-electron chi connectivity index (χ0n) is 14.0. The van der Waals surface area contributed by atoms with Crippen LogP contribution in [-0.4, -0.2) is 66.6 Å². The summed E-state index contributed by atoms with van der Waals surface area (Å²) >= 11 is 6.04. The third-order valence-electron chi connectivity index (χ3n) is 3.80. The highest BCUT2D eigenvalue weighted by Crippen LogP contribution is 2.29. The van der Waals surface area contributed by atoms with Crippen LogP contribution in [-0.2, 0) is 4.74 Å². The fourth-order valence-corrected chi connectivity index (χ4v) is 2.68. The van der Waals surface area contributed by atoms with Gasteiger partial charge in [0, 0.05) is 31.2 Å². The molecule has 25 heavy (non-hydrogen) atoms. The lowest BCUT2D eigenvalue weighted by atomic mass is 10.3. The predicted octanol–water partition coefficient (Wildman–Crippen LogP) is 2.02. The zero-order chi connectivity index (χ0) is 17.5. The van der Waals surface area contributed by atoms with Crippen LogP contribution in [0.1, 0.15) is 0 Å². The average molecular weight is 365 g/mol. The van der Waals surface area contributed by atoms with Gasteiger partial charge in [-0.25, -0.2) is 0 Å². The third-order valence-corrected chi connectivity index (χ3v) is 4.04. The number of benzene rings is 1. The van der Waals surface area contributed by atoms with Gasteiger partial charge < -0.3 is 20.1 Å². The third kappa shape index (κ3) is 5.15. The second kappa shape index (κ2) is 8.80. The number of hydrogen-bond donors (Lipinski definition) is 2. The summed E-state index contributed by atoms with van der Waals surface area (Å²) in [5.41, 5.74) is 0.683. The lowest BCUT2D eigenvalue weighted by Crippen LogP contribution is -2.39. The molecule has 1 aliphatic heterocycles. The highest BCUT2D eigenvalue weighted by Gasteiger charge is 2.10. The SMILES string of the molecule is COc1ccc(Cl)cc1Nc1nncc(NCCN2CCOCC2)n1. The lowest BCUT2D eigenvalue weighted by Gasteiger charge is -2.26. The number of methoxy groups -OCH3 is 1. The van der Waals surface area contributed by atoms with E-state index in [4.69, 9.17) is 21.1 Å². The van der Waals surface area contributed by atoms with Crippen LogP contribution in [0.4, 0.5) is 17.5 Å². The summed E-state index contributed by atoms with van der Waals surface area (Å²) in [5, 5.41) is 14.9. The van der Waals surface area contributed by atoms with E-state index in [-0.39, 0.29) is 0 Å². The van der Waals surface area contributed by atoms with Crippen LogP contribution in [0.25, 0.3) is 0 Å². The molecule has 0 radical (unpaired) electrons. The van der Waals surface area contributed by atoms with Crippen LogP contribution >= 0.6 is 11.6 Å². The van der Waals surface area contributed by atoms with Crippen molar-refractivity contribution >= 4 is 29.1 Å². The number of ether oxygens (including phenoxy) is 2. The van der Waals surface area contributed by atoms with Gasteiger partial charge in [0.15, 0.2) is 5.82 Å². The van der Waals surface area contributed by atoms with E-state index in [0.717, 1.165) is 39.4 Å². The Hall–Kier alpha value is -2.16. The normalized spacial score (nSPS) is 15.0. The highest BCUT2D eigenvalue weighted by molar-refractivity contribution is 6.30. The summed E-state index contributed by atoms with van der Waals surface area (Å²) in [6.45, 7) is 5.22. The van der Waals surface area contributed by atoms with Gasteiger partial charge in [-0.1, -0.05) is 11.6 Å². The number of anilines is 3. The minimum absolute atomic E-state index is 0.372. The predicted molar refractivity (Wildman–Crippen MR) is 96.9 cm³/mol. The summed E-state index contributed by atoms with van der Waals surface area (Å²) in [4.78, 5) is 6.77. The van der Waals surface area contributed by atoms with Gasteiger partial charge in [0.25, 0.3) is 0 Å². The highest BCUT2D eigenvalue weighted by atomic mass is 35.5. The topological polar surface area (TPSA) is 84.4 Å². The molecule has 2 N–H and O–H groups in total. The molecule has 134 valence electrons. The number of morpholine rings is 1. The summed E-state index contributed by atoms with van der Waals surface area (Å²) in [5.74, 6) is 1.68. The van der Waals surface area contributed by atoms with Gasteiger partial charge in [-0.3, -0.25) is 4.90 Å². The van der Waals surface area contributed by atoms with Crippen molar-refractivity contribution in [1.29, 1.82) is 0 Å². The van der Waals surface area contributed by atoms with Gasteiger partial charge in [0.1, 0.15) is 5.75 Å². The molecule has 0 saturated carbocycles. The molecular formula is C16H21ClN6O2. The van der Waals surface area contributed by atoms with E-state index in [9.17, 15) is 0 Å². The van der Waals surface area contributed by atoms with E-state index in [1.165, 1.54) is 0 Å². The molecule has 2 heterocycles. The van der Waals surface area contributed by atoms with Crippen molar-refractivity contribution in [2.45, 2.75) is 0 Å². The first kappa shape index (κ1) is 17.7. The minimum Gasteiger partial charge on any atom is -0.495 e. The van der Waals surface area contributed by atoms with Crippen molar-refractivity contribution in [1.82, 2.24) is 20.1 Å². The molecular weight excluding hydrogens is 344 g/mol. The Morgan fingerprint density at radius 2 is 2.16 bits per heavy atom. The Bertz CT molecular complexity index is 696. The summed E-state index contributed by atoms with van der Waals surface area (Å²) in [6, 6.07) is 5.29. The molecule has 0 bridgehead atoms. The van der Waals surface area contributed by atoms with E-state index in [1.54, 1.807) is 31.5 Å². The van der Waals surface area contributed by atoms with Gasteiger partial charge in [-0.15, -0.1) is 5.10 Å². The molecule has 0 spiro atoms. The maximum atomic E-state index is 6.04. The first-order valence-electron chi connectivity index (χ1n) is 8.09. The maximum absolute atomic E-state index is 6.04. The molecule has 0 aliphatic carbocycles. The second-order valence-corrected chi connectivity index (χ2v) is 5.95. The number of halogens is 1. The molecule has 9 heteroatoms. The van der Waals surface area contributed by atoms with Crippen LogP contribution in [0.15, 0.2) is 24.4 Å². The molecule has 1 aromatic carbocycles. The summed E-state index contributed by atoms with van der Waals surface area (Å²) < 4.78 is 10.6. The van der Waals surface area contributed by atoms with E-state index in [0.29, 0.717) is 28.2 Å². The molecule has 2 aromatic rings. The number of nitrogens with zero attached hydrogens (tertiary/aromatic N) is 4. The Balaban J connectivity index is 1.58. The first-order chi connectivity index (χ1) is 12.2. The van der Waals surface area contributed by atoms with E-state index >= 15 is 0 Å². The monoisotopic (exact) mass is 364 g/mol. The van der Waals surface area contributed by atoms with Crippen molar-refractivity contribution in [2.75, 3.05) is 57.1 Å². The van der Waals surface area contributed by atoms with Gasteiger partial charge in [-0.2, -0.15) is 10.1 Å². The summed E-state index contributed by atoms with van der Waals surface area (Å²) in [7, 11) is 1.59. The number of aromatic nitrogens is 3. The van der Waals surface area contributed by atoms with Crippen molar-refractivity contribution < 1.29 is 9.47 Å². The molecule has 8 nitrogen and oxygen atoms in total. The quantitative estimate of drug-likeness (QED) is 0.772. The number of nitrogens with one attached hydrogen (secondary N) is 2. The summed E-state index contributed by atoms with van der Waals surface area (Å²) in [6.07, 6.45) is 1.60. The zero-order valence-corrected chi connectivity index (χ0v) is 14.8. The molecule has 1 aromatic heterocycles. The smallest absolute Gasteiger partial charge is 0.249 e. The van der Waals surface area contributed by atoms with Crippen LogP contribution in [0.2, 0.25) is 5.02 Å². The number of rotatable bonds is 7. The standard InChI is InChI=1S/C16H21ClN6O2/c1-24-14-3-2-12(17)10-13(14)20-16-21-15(11-19-22-16)18-4-5-23-6-8-25-9-7-23/h2-3,10-11H,4-9H2,1H3,(H2,18,20,21,22). The van der Waals surface area contributed by atoms with Gasteiger partial charge in [0.05, 0.1) is 32.2 Å². The molecule has 1 aliphatic rings.